The highest BCUT2D eigenvalue weighted by atomic mass is 35.5. The first-order valence-corrected chi connectivity index (χ1v) is 8.12. The molecule has 108 valence electrons. The van der Waals surface area contributed by atoms with Crippen LogP contribution in [0.25, 0.3) is 10.2 Å². The Kier molecular flexibility index (Phi) is 4.08. The summed E-state index contributed by atoms with van der Waals surface area (Å²) in [5, 5.41) is 6.65. The fourth-order valence-electron chi connectivity index (χ4n) is 2.17. The zero-order valence-corrected chi connectivity index (χ0v) is 13.5. The molecule has 21 heavy (non-hydrogen) atoms. The van der Waals surface area contributed by atoms with Crippen LogP contribution >= 0.6 is 22.9 Å². The summed E-state index contributed by atoms with van der Waals surface area (Å²) in [5.74, 6) is 1.34. The average molecular weight is 318 g/mol. The minimum Gasteiger partial charge on any atom is -0.365 e. The number of anilines is 1. The lowest BCUT2D eigenvalue weighted by molar-refractivity contribution is 0.865. The number of nitrogens with one attached hydrogen (secondary N) is 1. The lowest BCUT2D eigenvalue weighted by Crippen LogP contribution is -2.02. The number of benzene rings is 1. The number of nitrogens with zero attached hydrogens (tertiary/aromatic N) is 2. The highest BCUT2D eigenvalue weighted by Crippen LogP contribution is 2.26. The third-order valence-corrected chi connectivity index (χ3v) is 4.38. The number of rotatable bonds is 4. The van der Waals surface area contributed by atoms with E-state index in [1.54, 1.807) is 11.3 Å². The second-order valence-corrected chi connectivity index (χ2v) is 6.46. The maximum Gasteiger partial charge on any atom is 0.225 e. The first kappa shape index (κ1) is 14.3. The Bertz CT molecular complexity index is 750. The van der Waals surface area contributed by atoms with Gasteiger partial charge in [0.2, 0.25) is 5.28 Å². The molecule has 0 bridgehead atoms. The molecule has 0 fully saturated rings. The van der Waals surface area contributed by atoms with Crippen LogP contribution in [0.4, 0.5) is 5.82 Å². The van der Waals surface area contributed by atoms with Crippen molar-refractivity contribution >= 4 is 39.0 Å². The van der Waals surface area contributed by atoms with E-state index in [4.69, 9.17) is 11.6 Å². The van der Waals surface area contributed by atoms with E-state index in [0.717, 1.165) is 22.6 Å². The Morgan fingerprint density at radius 3 is 2.62 bits per heavy atom. The number of halogens is 1. The van der Waals surface area contributed by atoms with Crippen LogP contribution in [0.5, 0.6) is 0 Å². The van der Waals surface area contributed by atoms with Gasteiger partial charge in [-0.2, -0.15) is 0 Å². The molecule has 2 aromatic heterocycles. The fraction of sp³-hybridized carbons (Fsp3) is 0.250. The van der Waals surface area contributed by atoms with Gasteiger partial charge >= 0.3 is 0 Å². The van der Waals surface area contributed by atoms with Crippen LogP contribution in [-0.2, 0) is 6.54 Å². The highest BCUT2D eigenvalue weighted by Gasteiger charge is 2.07. The number of hydrogen-bond acceptors (Lipinski definition) is 4. The van der Waals surface area contributed by atoms with Crippen LogP contribution in [0.1, 0.15) is 30.9 Å². The molecule has 0 saturated carbocycles. The standard InChI is InChI=1S/C16H16ClN3S/c1-10(2)12-5-3-11(4-6-12)9-18-14-13-7-8-21-15(13)20-16(17)19-14/h3-8,10H,9H2,1-2H3,(H,18,19,20). The van der Waals surface area contributed by atoms with Gasteiger partial charge < -0.3 is 5.32 Å². The third-order valence-electron chi connectivity index (χ3n) is 3.40. The first-order valence-electron chi connectivity index (χ1n) is 6.87. The molecule has 3 rings (SSSR count). The summed E-state index contributed by atoms with van der Waals surface area (Å²) >= 11 is 7.53. The minimum atomic E-state index is 0.280. The molecular weight excluding hydrogens is 302 g/mol. The second-order valence-electron chi connectivity index (χ2n) is 5.23. The van der Waals surface area contributed by atoms with Gasteiger partial charge in [-0.25, -0.2) is 9.97 Å². The van der Waals surface area contributed by atoms with E-state index in [2.05, 4.69) is 53.4 Å². The zero-order chi connectivity index (χ0) is 14.8. The summed E-state index contributed by atoms with van der Waals surface area (Å²) in [5.41, 5.74) is 2.57. The van der Waals surface area contributed by atoms with E-state index in [1.807, 2.05) is 11.4 Å². The van der Waals surface area contributed by atoms with Crippen molar-refractivity contribution in [1.82, 2.24) is 9.97 Å². The lowest BCUT2D eigenvalue weighted by atomic mass is 10.0. The van der Waals surface area contributed by atoms with Crippen LogP contribution in [-0.4, -0.2) is 9.97 Å². The van der Waals surface area contributed by atoms with Gasteiger partial charge in [0.1, 0.15) is 10.6 Å². The van der Waals surface area contributed by atoms with Gasteiger partial charge in [0.15, 0.2) is 0 Å². The van der Waals surface area contributed by atoms with Crippen molar-refractivity contribution in [2.75, 3.05) is 5.32 Å². The molecule has 0 saturated heterocycles. The number of fused-ring (bicyclic) bond motifs is 1. The van der Waals surface area contributed by atoms with Crippen molar-refractivity contribution in [3.8, 4) is 0 Å². The molecule has 3 aromatic rings. The molecule has 0 aliphatic rings. The summed E-state index contributed by atoms with van der Waals surface area (Å²) < 4.78 is 0. The van der Waals surface area contributed by atoms with Gasteiger partial charge in [-0.1, -0.05) is 38.1 Å². The lowest BCUT2D eigenvalue weighted by Gasteiger charge is -2.09. The maximum atomic E-state index is 5.96. The molecule has 1 N–H and O–H groups in total. The van der Waals surface area contributed by atoms with Crippen molar-refractivity contribution < 1.29 is 0 Å². The van der Waals surface area contributed by atoms with E-state index in [1.165, 1.54) is 11.1 Å². The Hall–Kier alpha value is -1.65. The average Bonchev–Trinajstić information content (AvgIpc) is 2.93. The Morgan fingerprint density at radius 2 is 1.90 bits per heavy atom. The molecule has 0 unspecified atom stereocenters. The van der Waals surface area contributed by atoms with Crippen LogP contribution in [0.2, 0.25) is 5.28 Å². The quantitative estimate of drug-likeness (QED) is 0.682. The van der Waals surface area contributed by atoms with Crippen LogP contribution in [0, 0.1) is 0 Å². The van der Waals surface area contributed by atoms with Crippen molar-refractivity contribution in [1.29, 1.82) is 0 Å². The third kappa shape index (κ3) is 3.17. The summed E-state index contributed by atoms with van der Waals surface area (Å²) in [7, 11) is 0. The van der Waals surface area contributed by atoms with Gasteiger partial charge in [0.25, 0.3) is 0 Å². The molecule has 1 aromatic carbocycles. The second kappa shape index (κ2) is 6.00. The zero-order valence-electron chi connectivity index (χ0n) is 11.9. The summed E-state index contributed by atoms with van der Waals surface area (Å²) in [6.45, 7) is 5.11. The van der Waals surface area contributed by atoms with Crippen molar-refractivity contribution in [2.45, 2.75) is 26.3 Å². The molecule has 0 aliphatic heterocycles. The van der Waals surface area contributed by atoms with Crippen molar-refractivity contribution in [2.24, 2.45) is 0 Å². The Balaban J connectivity index is 1.78. The predicted molar refractivity (Wildman–Crippen MR) is 90.3 cm³/mol. The monoisotopic (exact) mass is 317 g/mol. The molecule has 5 heteroatoms. The molecule has 0 atom stereocenters. The fourth-order valence-corrected chi connectivity index (χ4v) is 3.15. The number of thiophene rings is 1. The highest BCUT2D eigenvalue weighted by molar-refractivity contribution is 7.16. The molecular formula is C16H16ClN3S. The summed E-state index contributed by atoms with van der Waals surface area (Å²) in [4.78, 5) is 9.41. The predicted octanol–water partition coefficient (Wildman–Crippen LogP) is 5.08. The molecule has 0 radical (unpaired) electrons. The van der Waals surface area contributed by atoms with E-state index in [0.29, 0.717) is 5.92 Å². The Labute approximate surface area is 133 Å². The number of hydrogen-bond donors (Lipinski definition) is 1. The normalized spacial score (nSPS) is 11.2. The van der Waals surface area contributed by atoms with E-state index in [-0.39, 0.29) is 5.28 Å². The van der Waals surface area contributed by atoms with Crippen molar-refractivity contribution in [3.05, 3.63) is 52.1 Å². The maximum absolute atomic E-state index is 5.96. The summed E-state index contributed by atoms with van der Waals surface area (Å²) in [6.07, 6.45) is 0. The van der Waals surface area contributed by atoms with Gasteiger partial charge in [-0.15, -0.1) is 11.3 Å². The minimum absolute atomic E-state index is 0.280. The Morgan fingerprint density at radius 1 is 1.14 bits per heavy atom. The van der Waals surface area contributed by atoms with Gasteiger partial charge in [0, 0.05) is 6.54 Å². The molecule has 2 heterocycles. The number of aromatic nitrogens is 2. The smallest absolute Gasteiger partial charge is 0.225 e. The SMILES string of the molecule is CC(C)c1ccc(CNc2nc(Cl)nc3sccc23)cc1. The van der Waals surface area contributed by atoms with Crippen molar-refractivity contribution in [3.63, 3.8) is 0 Å². The molecule has 0 amide bonds. The van der Waals surface area contributed by atoms with Crippen LogP contribution in [0.3, 0.4) is 0 Å². The first-order chi connectivity index (χ1) is 10.1. The van der Waals surface area contributed by atoms with E-state index >= 15 is 0 Å². The summed E-state index contributed by atoms with van der Waals surface area (Å²) in [6, 6.07) is 10.7. The van der Waals surface area contributed by atoms with E-state index < -0.39 is 0 Å². The van der Waals surface area contributed by atoms with Gasteiger partial charge in [-0.05, 0) is 40.1 Å². The molecule has 0 aliphatic carbocycles. The van der Waals surface area contributed by atoms with Gasteiger partial charge in [0.05, 0.1) is 5.39 Å². The molecule has 3 nitrogen and oxygen atoms in total. The van der Waals surface area contributed by atoms with Crippen LogP contribution in [0.15, 0.2) is 35.7 Å². The molecule has 0 spiro atoms. The largest absolute Gasteiger partial charge is 0.365 e. The van der Waals surface area contributed by atoms with E-state index in [9.17, 15) is 0 Å². The van der Waals surface area contributed by atoms with Crippen LogP contribution < -0.4 is 5.32 Å². The topological polar surface area (TPSA) is 37.8 Å². The van der Waals surface area contributed by atoms with Gasteiger partial charge in [-0.3, -0.25) is 0 Å².